The minimum Gasteiger partial charge on any atom is -0.462 e. The monoisotopic (exact) mass is 799 g/mol. The summed E-state index contributed by atoms with van der Waals surface area (Å²) in [5.74, 6) is -0.919. The molecule has 0 fully saturated rings. The number of esters is 3. The van der Waals surface area contributed by atoms with E-state index in [1.165, 1.54) is 89.9 Å². The van der Waals surface area contributed by atoms with Gasteiger partial charge in [-0.15, -0.1) is 0 Å². The fourth-order valence-corrected chi connectivity index (χ4v) is 6.64. The van der Waals surface area contributed by atoms with Crippen LogP contribution in [-0.2, 0) is 28.6 Å². The Morgan fingerprint density at radius 3 is 1.11 bits per heavy atom. The van der Waals surface area contributed by atoms with Crippen LogP contribution in [0.3, 0.4) is 0 Å². The van der Waals surface area contributed by atoms with Gasteiger partial charge in [0, 0.05) is 19.3 Å². The normalized spacial score (nSPS) is 12.4. The standard InChI is InChI=1S/C51H90O6/c1-4-7-10-13-16-19-21-23-25-27-29-32-35-38-41-44-50(53)56-47-48(46-55-49(52)43-40-37-34-31-18-15-12-9-6-3)57-51(54)45-42-39-36-33-30-28-26-24-22-20-17-14-11-8-5-2/h9,12,17,20,23-26,48H,4-8,10-11,13-16,18-19,21-22,27-47H2,1-3H3/b12-9-,20-17-,25-23-,26-24-. The third kappa shape index (κ3) is 44.3. The van der Waals surface area contributed by atoms with Crippen molar-refractivity contribution in [1.29, 1.82) is 0 Å². The fraction of sp³-hybridized carbons (Fsp3) is 0.784. The van der Waals surface area contributed by atoms with E-state index in [-0.39, 0.29) is 31.1 Å². The van der Waals surface area contributed by atoms with E-state index in [1.54, 1.807) is 0 Å². The minimum atomic E-state index is -0.784. The number of ether oxygens (including phenoxy) is 3. The van der Waals surface area contributed by atoms with Crippen LogP contribution in [0.4, 0.5) is 0 Å². The van der Waals surface area contributed by atoms with Gasteiger partial charge in [-0.05, 0) is 96.3 Å². The van der Waals surface area contributed by atoms with Crippen LogP contribution in [0.1, 0.15) is 239 Å². The van der Waals surface area contributed by atoms with Crippen molar-refractivity contribution in [3.8, 4) is 0 Å². The Morgan fingerprint density at radius 1 is 0.368 bits per heavy atom. The summed E-state index contributed by atoms with van der Waals surface area (Å²) in [5, 5.41) is 0. The Morgan fingerprint density at radius 2 is 0.684 bits per heavy atom. The van der Waals surface area contributed by atoms with Crippen molar-refractivity contribution in [2.24, 2.45) is 0 Å². The molecule has 0 amide bonds. The number of carbonyl (C=O) groups is 3. The van der Waals surface area contributed by atoms with Gasteiger partial charge < -0.3 is 14.2 Å². The summed E-state index contributed by atoms with van der Waals surface area (Å²) in [6, 6.07) is 0. The lowest BCUT2D eigenvalue weighted by molar-refractivity contribution is -0.167. The van der Waals surface area contributed by atoms with Crippen molar-refractivity contribution < 1.29 is 28.6 Å². The van der Waals surface area contributed by atoms with Gasteiger partial charge in [-0.2, -0.15) is 0 Å². The van der Waals surface area contributed by atoms with Gasteiger partial charge in [0.2, 0.25) is 0 Å². The van der Waals surface area contributed by atoms with Crippen LogP contribution >= 0.6 is 0 Å². The Labute approximate surface area is 352 Å². The van der Waals surface area contributed by atoms with Gasteiger partial charge in [0.25, 0.3) is 0 Å². The van der Waals surface area contributed by atoms with Crippen molar-refractivity contribution in [2.45, 2.75) is 245 Å². The zero-order valence-corrected chi connectivity index (χ0v) is 37.6. The molecule has 0 bridgehead atoms. The average Bonchev–Trinajstić information content (AvgIpc) is 3.21. The van der Waals surface area contributed by atoms with Crippen LogP contribution in [0.15, 0.2) is 48.6 Å². The molecular formula is C51H90O6. The summed E-state index contributed by atoms with van der Waals surface area (Å²) in [4.78, 5) is 37.8. The van der Waals surface area contributed by atoms with Gasteiger partial charge >= 0.3 is 17.9 Å². The molecule has 0 heterocycles. The van der Waals surface area contributed by atoms with Crippen LogP contribution < -0.4 is 0 Å². The second-order valence-corrected chi connectivity index (χ2v) is 16.0. The molecule has 0 spiro atoms. The lowest BCUT2D eigenvalue weighted by atomic mass is 10.1. The average molecular weight is 799 g/mol. The topological polar surface area (TPSA) is 78.9 Å². The molecule has 6 nitrogen and oxygen atoms in total. The molecule has 0 aromatic carbocycles. The molecule has 0 aliphatic rings. The third-order valence-corrected chi connectivity index (χ3v) is 10.3. The van der Waals surface area contributed by atoms with Gasteiger partial charge in [-0.3, -0.25) is 14.4 Å². The second kappa shape index (κ2) is 46.1. The molecule has 0 saturated carbocycles. The highest BCUT2D eigenvalue weighted by molar-refractivity contribution is 5.71. The minimum absolute atomic E-state index is 0.0857. The zero-order chi connectivity index (χ0) is 41.5. The van der Waals surface area contributed by atoms with Gasteiger partial charge in [-0.1, -0.05) is 172 Å². The van der Waals surface area contributed by atoms with Gasteiger partial charge in [0.05, 0.1) is 0 Å². The maximum atomic E-state index is 12.7. The van der Waals surface area contributed by atoms with Crippen molar-refractivity contribution in [3.05, 3.63) is 48.6 Å². The lowest BCUT2D eigenvalue weighted by Gasteiger charge is -2.18. The van der Waals surface area contributed by atoms with Crippen molar-refractivity contribution in [2.75, 3.05) is 13.2 Å². The van der Waals surface area contributed by atoms with Crippen LogP contribution in [0, 0.1) is 0 Å². The maximum absolute atomic E-state index is 12.7. The number of rotatable bonds is 43. The molecule has 57 heavy (non-hydrogen) atoms. The van der Waals surface area contributed by atoms with Crippen molar-refractivity contribution in [1.82, 2.24) is 0 Å². The van der Waals surface area contributed by atoms with E-state index in [4.69, 9.17) is 14.2 Å². The van der Waals surface area contributed by atoms with Crippen LogP contribution in [0.2, 0.25) is 0 Å². The van der Waals surface area contributed by atoms with Crippen LogP contribution in [0.5, 0.6) is 0 Å². The summed E-state index contributed by atoms with van der Waals surface area (Å²) in [5.41, 5.74) is 0. The maximum Gasteiger partial charge on any atom is 0.306 e. The number of allylic oxidation sites excluding steroid dienone is 8. The van der Waals surface area contributed by atoms with E-state index in [0.29, 0.717) is 19.3 Å². The molecule has 0 N–H and O–H groups in total. The van der Waals surface area contributed by atoms with Crippen LogP contribution in [0.25, 0.3) is 0 Å². The first-order valence-electron chi connectivity index (χ1n) is 24.1. The van der Waals surface area contributed by atoms with Crippen molar-refractivity contribution >= 4 is 17.9 Å². The molecular weight excluding hydrogens is 709 g/mol. The Kier molecular flexibility index (Phi) is 43.9. The first-order valence-corrected chi connectivity index (χ1v) is 24.1. The molecule has 0 aromatic heterocycles. The van der Waals surface area contributed by atoms with E-state index in [9.17, 15) is 14.4 Å². The molecule has 330 valence electrons. The third-order valence-electron chi connectivity index (χ3n) is 10.3. The molecule has 0 aromatic rings. The predicted octanol–water partition coefficient (Wildman–Crippen LogP) is 15.5. The predicted molar refractivity (Wildman–Crippen MR) is 242 cm³/mol. The molecule has 6 heteroatoms. The highest BCUT2D eigenvalue weighted by atomic mass is 16.6. The van der Waals surface area contributed by atoms with E-state index in [0.717, 1.165) is 109 Å². The number of hydrogen-bond donors (Lipinski definition) is 0. The summed E-state index contributed by atoms with van der Waals surface area (Å²) in [6.07, 6.45) is 53.8. The SMILES string of the molecule is CC/C=C\CCCCCCCC(=O)OCC(COC(=O)CCCCCCC/C=C\CCCCCCCC)OC(=O)CCCCCCC/C=C\C/C=C\CCCCC. The lowest BCUT2D eigenvalue weighted by Crippen LogP contribution is -2.30. The quantitative estimate of drug-likeness (QED) is 0.0265. The number of hydrogen-bond acceptors (Lipinski definition) is 6. The highest BCUT2D eigenvalue weighted by Gasteiger charge is 2.19. The van der Waals surface area contributed by atoms with Gasteiger partial charge in [0.15, 0.2) is 6.10 Å². The summed E-state index contributed by atoms with van der Waals surface area (Å²) >= 11 is 0. The summed E-state index contributed by atoms with van der Waals surface area (Å²) in [6.45, 7) is 6.47. The molecule has 1 unspecified atom stereocenters. The molecule has 0 aliphatic carbocycles. The summed E-state index contributed by atoms with van der Waals surface area (Å²) in [7, 11) is 0. The second-order valence-electron chi connectivity index (χ2n) is 16.0. The van der Waals surface area contributed by atoms with Gasteiger partial charge in [-0.25, -0.2) is 0 Å². The van der Waals surface area contributed by atoms with Crippen molar-refractivity contribution in [3.63, 3.8) is 0 Å². The zero-order valence-electron chi connectivity index (χ0n) is 37.6. The Balaban J connectivity index is 4.38. The Bertz CT molecular complexity index is 1010. The number of carbonyl (C=O) groups excluding carboxylic acids is 3. The van der Waals surface area contributed by atoms with E-state index in [1.807, 2.05) is 0 Å². The van der Waals surface area contributed by atoms with Gasteiger partial charge in [0.1, 0.15) is 13.2 Å². The smallest absolute Gasteiger partial charge is 0.306 e. The molecule has 1 atom stereocenters. The highest BCUT2D eigenvalue weighted by Crippen LogP contribution is 2.13. The summed E-state index contributed by atoms with van der Waals surface area (Å²) < 4.78 is 16.7. The molecule has 0 aliphatic heterocycles. The number of unbranched alkanes of at least 4 members (excludes halogenated alkanes) is 24. The van der Waals surface area contributed by atoms with E-state index < -0.39 is 6.10 Å². The van der Waals surface area contributed by atoms with E-state index >= 15 is 0 Å². The molecule has 0 saturated heterocycles. The van der Waals surface area contributed by atoms with Crippen LogP contribution in [-0.4, -0.2) is 37.2 Å². The fourth-order valence-electron chi connectivity index (χ4n) is 6.64. The molecule has 0 rings (SSSR count). The van der Waals surface area contributed by atoms with E-state index in [2.05, 4.69) is 69.4 Å². The first kappa shape index (κ1) is 54.4. The Hall–Kier alpha value is -2.63. The largest absolute Gasteiger partial charge is 0.462 e. The molecule has 0 radical (unpaired) electrons. The first-order chi connectivity index (χ1) is 28.0.